The Hall–Kier alpha value is -1.69. The molecule has 1 aromatic carbocycles. The van der Waals surface area contributed by atoms with Gasteiger partial charge in [-0.2, -0.15) is 0 Å². The van der Waals surface area contributed by atoms with Gasteiger partial charge in [0.25, 0.3) is 0 Å². The third-order valence-corrected chi connectivity index (χ3v) is 5.13. The van der Waals surface area contributed by atoms with Crippen LogP contribution in [0.5, 0.6) is 0 Å². The van der Waals surface area contributed by atoms with Gasteiger partial charge in [0.05, 0.1) is 0 Å². The Morgan fingerprint density at radius 1 is 1.15 bits per heavy atom. The zero-order valence-corrected chi connectivity index (χ0v) is 15.9. The first-order chi connectivity index (χ1) is 12.6. The molecule has 1 aromatic rings. The number of nitrogens with one attached hydrogen (secondary N) is 2. The number of hydrogen-bond donors (Lipinski definition) is 2. The number of benzene rings is 1. The van der Waals surface area contributed by atoms with E-state index in [1.54, 1.807) is 7.05 Å². The van der Waals surface area contributed by atoms with Crippen LogP contribution in [0, 0.1) is 17.0 Å². The van der Waals surface area contributed by atoms with E-state index in [2.05, 4.69) is 15.6 Å². The Morgan fingerprint density at radius 3 is 2.46 bits per heavy atom. The maximum absolute atomic E-state index is 13.2. The summed E-state index contributed by atoms with van der Waals surface area (Å²) in [7, 11) is 1.73. The minimum absolute atomic E-state index is 0.276. The Kier molecular flexibility index (Phi) is 8.29. The molecule has 6 heteroatoms. The summed E-state index contributed by atoms with van der Waals surface area (Å²) < 4.78 is 32.0. The number of nitrogens with zero attached hydrogens (tertiary/aromatic N) is 1. The van der Waals surface area contributed by atoms with E-state index in [1.165, 1.54) is 37.8 Å². The lowest BCUT2D eigenvalue weighted by Crippen LogP contribution is -2.44. The molecule has 0 saturated heterocycles. The maximum atomic E-state index is 13.2. The Labute approximate surface area is 155 Å². The van der Waals surface area contributed by atoms with Crippen LogP contribution < -0.4 is 10.6 Å². The van der Waals surface area contributed by atoms with E-state index in [-0.39, 0.29) is 5.41 Å². The Bertz CT molecular complexity index is 566. The van der Waals surface area contributed by atoms with Crippen molar-refractivity contribution in [3.63, 3.8) is 0 Å². The van der Waals surface area contributed by atoms with Gasteiger partial charge in [0, 0.05) is 39.4 Å². The fourth-order valence-corrected chi connectivity index (χ4v) is 3.65. The predicted molar refractivity (Wildman–Crippen MR) is 101 cm³/mol. The second-order valence-corrected chi connectivity index (χ2v) is 7.03. The number of guanidine groups is 1. The third kappa shape index (κ3) is 6.56. The quantitative estimate of drug-likeness (QED) is 0.398. The summed E-state index contributed by atoms with van der Waals surface area (Å²) in [5.74, 6) is -0.357. The molecule has 1 saturated carbocycles. The first-order valence-corrected chi connectivity index (χ1v) is 9.54. The summed E-state index contributed by atoms with van der Waals surface area (Å²) in [5, 5.41) is 6.65. The molecule has 0 aromatic heterocycles. The first kappa shape index (κ1) is 20.6. The molecule has 2 rings (SSSR count). The van der Waals surface area contributed by atoms with Gasteiger partial charge in [-0.1, -0.05) is 12.8 Å². The van der Waals surface area contributed by atoms with E-state index in [1.807, 2.05) is 6.92 Å². The lowest BCUT2D eigenvalue weighted by Gasteiger charge is -2.30. The third-order valence-electron chi connectivity index (χ3n) is 5.13. The van der Waals surface area contributed by atoms with Crippen molar-refractivity contribution >= 4 is 5.96 Å². The molecule has 1 aliphatic rings. The standard InChI is InChI=1S/C20H31F2N3O/c1-3-26-11-9-20(7-4-5-8-20)15-25-19(23-2)24-10-6-16-12-17(21)14-18(22)13-16/h12-14H,3-11,15H2,1-2H3,(H2,23,24,25). The number of aliphatic imine (C=N–C) groups is 1. The van der Waals surface area contributed by atoms with Gasteiger partial charge >= 0.3 is 0 Å². The van der Waals surface area contributed by atoms with Crippen molar-refractivity contribution in [3.05, 3.63) is 35.4 Å². The van der Waals surface area contributed by atoms with E-state index in [0.29, 0.717) is 18.5 Å². The highest BCUT2D eigenvalue weighted by Crippen LogP contribution is 2.40. The van der Waals surface area contributed by atoms with Gasteiger partial charge in [-0.3, -0.25) is 4.99 Å². The molecule has 0 bridgehead atoms. The molecular formula is C20H31F2N3O. The second kappa shape index (κ2) is 10.5. The van der Waals surface area contributed by atoms with Crippen molar-refractivity contribution < 1.29 is 13.5 Å². The van der Waals surface area contributed by atoms with Crippen molar-refractivity contribution in [1.29, 1.82) is 0 Å². The molecule has 0 spiro atoms. The Morgan fingerprint density at radius 2 is 1.85 bits per heavy atom. The zero-order chi connectivity index (χ0) is 18.8. The molecule has 0 heterocycles. The average Bonchev–Trinajstić information content (AvgIpc) is 3.06. The van der Waals surface area contributed by atoms with Crippen LogP contribution in [0.25, 0.3) is 0 Å². The smallest absolute Gasteiger partial charge is 0.191 e. The van der Waals surface area contributed by atoms with Crippen molar-refractivity contribution in [3.8, 4) is 0 Å². The minimum atomic E-state index is -0.542. The summed E-state index contributed by atoms with van der Waals surface area (Å²) in [6.07, 6.45) is 6.56. The van der Waals surface area contributed by atoms with Gasteiger partial charge in [-0.05, 0) is 55.7 Å². The van der Waals surface area contributed by atoms with Gasteiger partial charge in [0.1, 0.15) is 11.6 Å². The Balaban J connectivity index is 1.79. The second-order valence-electron chi connectivity index (χ2n) is 7.03. The van der Waals surface area contributed by atoms with Gasteiger partial charge in [-0.15, -0.1) is 0 Å². The van der Waals surface area contributed by atoms with E-state index in [9.17, 15) is 8.78 Å². The van der Waals surface area contributed by atoms with Gasteiger partial charge < -0.3 is 15.4 Å². The lowest BCUT2D eigenvalue weighted by atomic mass is 9.83. The van der Waals surface area contributed by atoms with E-state index in [4.69, 9.17) is 4.74 Å². The molecule has 0 atom stereocenters. The van der Waals surface area contributed by atoms with Crippen molar-refractivity contribution in [2.24, 2.45) is 10.4 Å². The summed E-state index contributed by atoms with van der Waals surface area (Å²) in [6, 6.07) is 3.62. The van der Waals surface area contributed by atoms with Gasteiger partial charge in [0.15, 0.2) is 5.96 Å². The minimum Gasteiger partial charge on any atom is -0.382 e. The SMILES string of the molecule is CCOCCC1(CNC(=NC)NCCc2cc(F)cc(F)c2)CCCC1. The lowest BCUT2D eigenvalue weighted by molar-refractivity contribution is 0.105. The highest BCUT2D eigenvalue weighted by Gasteiger charge is 2.33. The molecule has 146 valence electrons. The number of ether oxygens (including phenoxy) is 1. The average molecular weight is 367 g/mol. The molecule has 0 unspecified atom stereocenters. The number of halogens is 2. The van der Waals surface area contributed by atoms with Crippen molar-refractivity contribution in [1.82, 2.24) is 10.6 Å². The van der Waals surface area contributed by atoms with Crippen LogP contribution in [-0.4, -0.2) is 39.3 Å². The fraction of sp³-hybridized carbons (Fsp3) is 0.650. The first-order valence-electron chi connectivity index (χ1n) is 9.54. The largest absolute Gasteiger partial charge is 0.382 e. The fourth-order valence-electron chi connectivity index (χ4n) is 3.65. The van der Waals surface area contributed by atoms with Gasteiger partial charge in [0.2, 0.25) is 0 Å². The monoisotopic (exact) mass is 367 g/mol. The van der Waals surface area contributed by atoms with Crippen LogP contribution >= 0.6 is 0 Å². The molecule has 1 fully saturated rings. The maximum Gasteiger partial charge on any atom is 0.191 e. The van der Waals surface area contributed by atoms with Crippen molar-refractivity contribution in [2.75, 3.05) is 33.4 Å². The molecule has 0 amide bonds. The summed E-state index contributed by atoms with van der Waals surface area (Å²) in [4.78, 5) is 4.26. The zero-order valence-electron chi connectivity index (χ0n) is 15.9. The molecule has 26 heavy (non-hydrogen) atoms. The molecule has 0 radical (unpaired) electrons. The van der Waals surface area contributed by atoms with Crippen LogP contribution in [0.15, 0.2) is 23.2 Å². The van der Waals surface area contributed by atoms with E-state index >= 15 is 0 Å². The topological polar surface area (TPSA) is 45.6 Å². The van der Waals surface area contributed by atoms with E-state index < -0.39 is 11.6 Å². The van der Waals surface area contributed by atoms with Crippen LogP contribution in [-0.2, 0) is 11.2 Å². The summed E-state index contributed by atoms with van der Waals surface area (Å²) in [6.45, 7) is 5.02. The van der Waals surface area contributed by atoms with Crippen LogP contribution in [0.2, 0.25) is 0 Å². The molecule has 1 aliphatic carbocycles. The van der Waals surface area contributed by atoms with Crippen molar-refractivity contribution in [2.45, 2.75) is 45.4 Å². The highest BCUT2D eigenvalue weighted by atomic mass is 19.1. The predicted octanol–water partition coefficient (Wildman–Crippen LogP) is 3.66. The summed E-state index contributed by atoms with van der Waals surface area (Å²) in [5.41, 5.74) is 0.910. The molecule has 4 nitrogen and oxygen atoms in total. The number of rotatable bonds is 9. The van der Waals surface area contributed by atoms with Gasteiger partial charge in [-0.25, -0.2) is 8.78 Å². The van der Waals surface area contributed by atoms with Crippen LogP contribution in [0.1, 0.15) is 44.6 Å². The molecular weight excluding hydrogens is 336 g/mol. The van der Waals surface area contributed by atoms with E-state index in [0.717, 1.165) is 38.2 Å². The number of hydrogen-bond acceptors (Lipinski definition) is 2. The normalized spacial score (nSPS) is 16.7. The molecule has 0 aliphatic heterocycles. The highest BCUT2D eigenvalue weighted by molar-refractivity contribution is 5.79. The molecule has 2 N–H and O–H groups in total. The van der Waals surface area contributed by atoms with Crippen LogP contribution in [0.4, 0.5) is 8.78 Å². The summed E-state index contributed by atoms with van der Waals surface area (Å²) >= 11 is 0. The van der Waals surface area contributed by atoms with Crippen LogP contribution in [0.3, 0.4) is 0 Å².